The third-order valence-electron chi connectivity index (χ3n) is 2.66. The second-order valence-corrected chi connectivity index (χ2v) is 3.88. The highest BCUT2D eigenvalue weighted by molar-refractivity contribution is 5.78. The molecular weight excluding hydrogens is 228 g/mol. The maximum absolute atomic E-state index is 10.8. The van der Waals surface area contributed by atoms with Gasteiger partial charge < -0.3 is 5.32 Å². The van der Waals surface area contributed by atoms with Gasteiger partial charge in [0.15, 0.2) is 0 Å². The van der Waals surface area contributed by atoms with Crippen LogP contribution in [0.3, 0.4) is 0 Å². The van der Waals surface area contributed by atoms with Gasteiger partial charge in [-0.15, -0.1) is 0 Å². The smallest absolute Gasteiger partial charge is 0.270 e. The van der Waals surface area contributed by atoms with Gasteiger partial charge in [-0.1, -0.05) is 30.3 Å². The van der Waals surface area contributed by atoms with Crippen LogP contribution in [0.2, 0.25) is 0 Å². The number of rotatable bonds is 4. The number of hydrogen-bond acceptors (Lipinski definition) is 3. The maximum Gasteiger partial charge on any atom is 0.270 e. The fourth-order valence-corrected chi connectivity index (χ4v) is 1.87. The molecule has 0 atom stereocenters. The van der Waals surface area contributed by atoms with Crippen LogP contribution in [-0.4, -0.2) is 11.5 Å². The molecule has 0 unspecified atom stereocenters. The second kappa shape index (κ2) is 5.31. The van der Waals surface area contributed by atoms with Crippen molar-refractivity contribution in [2.75, 3.05) is 11.9 Å². The van der Waals surface area contributed by atoms with Gasteiger partial charge in [-0.25, -0.2) is 0 Å². The van der Waals surface area contributed by atoms with Crippen molar-refractivity contribution in [3.8, 4) is 11.1 Å². The SMILES string of the molecule is CCNc1ccccc1-c1cccc([N+](=O)[O-])c1. The zero-order chi connectivity index (χ0) is 13.0. The zero-order valence-electron chi connectivity index (χ0n) is 10.1. The minimum absolute atomic E-state index is 0.110. The van der Waals surface area contributed by atoms with E-state index in [0.717, 1.165) is 23.4 Å². The van der Waals surface area contributed by atoms with Gasteiger partial charge in [0, 0.05) is 29.9 Å². The predicted octanol–water partition coefficient (Wildman–Crippen LogP) is 3.69. The molecule has 2 rings (SSSR count). The number of nitrogens with zero attached hydrogens (tertiary/aromatic N) is 1. The van der Waals surface area contributed by atoms with E-state index < -0.39 is 0 Å². The molecule has 18 heavy (non-hydrogen) atoms. The Kier molecular flexibility index (Phi) is 3.57. The Bertz CT molecular complexity index is 567. The Hall–Kier alpha value is -2.36. The number of hydrogen-bond donors (Lipinski definition) is 1. The maximum atomic E-state index is 10.8. The van der Waals surface area contributed by atoms with Crippen LogP contribution in [0.5, 0.6) is 0 Å². The molecule has 0 saturated carbocycles. The molecule has 0 spiro atoms. The molecule has 0 amide bonds. The molecule has 0 fully saturated rings. The first kappa shape index (κ1) is 12.1. The van der Waals surface area contributed by atoms with Crippen LogP contribution < -0.4 is 5.32 Å². The van der Waals surface area contributed by atoms with Gasteiger partial charge in [0.25, 0.3) is 5.69 Å². The Morgan fingerprint density at radius 2 is 1.94 bits per heavy atom. The number of para-hydroxylation sites is 1. The minimum atomic E-state index is -0.376. The zero-order valence-corrected chi connectivity index (χ0v) is 10.1. The van der Waals surface area contributed by atoms with Crippen molar-refractivity contribution in [2.45, 2.75) is 6.92 Å². The molecule has 0 aliphatic rings. The summed E-state index contributed by atoms with van der Waals surface area (Å²) in [7, 11) is 0. The van der Waals surface area contributed by atoms with Gasteiger partial charge >= 0.3 is 0 Å². The van der Waals surface area contributed by atoms with E-state index in [9.17, 15) is 10.1 Å². The van der Waals surface area contributed by atoms with E-state index in [-0.39, 0.29) is 10.6 Å². The number of nitro groups is 1. The Labute approximate surface area is 105 Å². The lowest BCUT2D eigenvalue weighted by molar-refractivity contribution is -0.384. The summed E-state index contributed by atoms with van der Waals surface area (Å²) >= 11 is 0. The van der Waals surface area contributed by atoms with Crippen LogP contribution in [0.25, 0.3) is 11.1 Å². The van der Waals surface area contributed by atoms with Crippen LogP contribution in [0, 0.1) is 10.1 Å². The molecule has 0 aromatic heterocycles. The first-order valence-electron chi connectivity index (χ1n) is 5.80. The number of anilines is 1. The molecule has 0 heterocycles. The third-order valence-corrected chi connectivity index (χ3v) is 2.66. The Balaban J connectivity index is 2.48. The fraction of sp³-hybridized carbons (Fsp3) is 0.143. The van der Waals surface area contributed by atoms with Gasteiger partial charge in [-0.3, -0.25) is 10.1 Å². The number of nitrogens with one attached hydrogen (secondary N) is 1. The molecule has 4 nitrogen and oxygen atoms in total. The Morgan fingerprint density at radius 3 is 2.67 bits per heavy atom. The van der Waals surface area contributed by atoms with Gasteiger partial charge in [-0.2, -0.15) is 0 Å². The summed E-state index contributed by atoms with van der Waals surface area (Å²) in [6.45, 7) is 2.83. The summed E-state index contributed by atoms with van der Waals surface area (Å²) < 4.78 is 0. The molecule has 0 aliphatic carbocycles. The standard InChI is InChI=1S/C14H14N2O2/c1-2-15-14-9-4-3-8-13(14)11-6-5-7-12(10-11)16(17)18/h3-10,15H,2H2,1H3. The molecule has 0 bridgehead atoms. The fourth-order valence-electron chi connectivity index (χ4n) is 1.87. The van der Waals surface area contributed by atoms with E-state index in [2.05, 4.69) is 5.32 Å². The van der Waals surface area contributed by atoms with E-state index in [1.807, 2.05) is 37.3 Å². The lowest BCUT2D eigenvalue weighted by atomic mass is 10.0. The molecule has 2 aromatic carbocycles. The van der Waals surface area contributed by atoms with Crippen LogP contribution in [0.15, 0.2) is 48.5 Å². The van der Waals surface area contributed by atoms with Crippen molar-refractivity contribution in [1.82, 2.24) is 0 Å². The molecule has 0 aliphatic heterocycles. The lowest BCUT2D eigenvalue weighted by Gasteiger charge is -2.10. The molecule has 1 N–H and O–H groups in total. The van der Waals surface area contributed by atoms with Crippen LogP contribution in [0.4, 0.5) is 11.4 Å². The van der Waals surface area contributed by atoms with Gasteiger partial charge in [0.1, 0.15) is 0 Å². The largest absolute Gasteiger partial charge is 0.385 e. The number of benzene rings is 2. The molecule has 92 valence electrons. The average molecular weight is 242 g/mol. The van der Waals surface area contributed by atoms with Gasteiger partial charge in [-0.05, 0) is 18.6 Å². The molecular formula is C14H14N2O2. The average Bonchev–Trinajstić information content (AvgIpc) is 2.40. The van der Waals surface area contributed by atoms with E-state index in [1.54, 1.807) is 12.1 Å². The first-order chi connectivity index (χ1) is 8.72. The number of non-ortho nitro benzene ring substituents is 1. The first-order valence-corrected chi connectivity index (χ1v) is 5.80. The molecule has 2 aromatic rings. The van der Waals surface area contributed by atoms with Crippen molar-refractivity contribution in [1.29, 1.82) is 0 Å². The van der Waals surface area contributed by atoms with E-state index in [4.69, 9.17) is 0 Å². The van der Waals surface area contributed by atoms with Crippen molar-refractivity contribution in [3.05, 3.63) is 58.6 Å². The van der Waals surface area contributed by atoms with E-state index in [0.29, 0.717) is 0 Å². The topological polar surface area (TPSA) is 55.2 Å². The highest BCUT2D eigenvalue weighted by Crippen LogP contribution is 2.29. The quantitative estimate of drug-likeness (QED) is 0.657. The van der Waals surface area contributed by atoms with Crippen LogP contribution in [0.1, 0.15) is 6.92 Å². The van der Waals surface area contributed by atoms with Crippen LogP contribution in [-0.2, 0) is 0 Å². The molecule has 4 heteroatoms. The third kappa shape index (κ3) is 2.48. The summed E-state index contributed by atoms with van der Waals surface area (Å²) in [6.07, 6.45) is 0. The van der Waals surface area contributed by atoms with Gasteiger partial charge in [0.05, 0.1) is 4.92 Å². The van der Waals surface area contributed by atoms with E-state index >= 15 is 0 Å². The monoisotopic (exact) mass is 242 g/mol. The van der Waals surface area contributed by atoms with Crippen molar-refractivity contribution in [3.63, 3.8) is 0 Å². The van der Waals surface area contributed by atoms with Crippen molar-refractivity contribution < 1.29 is 4.92 Å². The summed E-state index contributed by atoms with van der Waals surface area (Å²) in [5.74, 6) is 0. The summed E-state index contributed by atoms with van der Waals surface area (Å²) in [5.41, 5.74) is 2.92. The summed E-state index contributed by atoms with van der Waals surface area (Å²) in [5, 5.41) is 14.0. The summed E-state index contributed by atoms with van der Waals surface area (Å²) in [6, 6.07) is 14.5. The van der Waals surface area contributed by atoms with E-state index in [1.165, 1.54) is 6.07 Å². The van der Waals surface area contributed by atoms with Crippen molar-refractivity contribution in [2.24, 2.45) is 0 Å². The van der Waals surface area contributed by atoms with Gasteiger partial charge in [0.2, 0.25) is 0 Å². The minimum Gasteiger partial charge on any atom is -0.385 e. The van der Waals surface area contributed by atoms with Crippen molar-refractivity contribution >= 4 is 11.4 Å². The normalized spacial score (nSPS) is 10.1. The predicted molar refractivity (Wildman–Crippen MR) is 72.7 cm³/mol. The Morgan fingerprint density at radius 1 is 1.17 bits per heavy atom. The molecule has 0 radical (unpaired) electrons. The van der Waals surface area contributed by atoms with Crippen LogP contribution >= 0.6 is 0 Å². The number of nitro benzene ring substituents is 1. The highest BCUT2D eigenvalue weighted by Gasteiger charge is 2.09. The second-order valence-electron chi connectivity index (χ2n) is 3.88. The summed E-state index contributed by atoms with van der Waals surface area (Å²) in [4.78, 5) is 10.4. The highest BCUT2D eigenvalue weighted by atomic mass is 16.6. The lowest BCUT2D eigenvalue weighted by Crippen LogP contribution is -1.98. The molecule has 0 saturated heterocycles.